The van der Waals surface area contributed by atoms with E-state index in [1.54, 1.807) is 6.26 Å². The molecule has 2 rings (SSSR count). The number of carbonyl (C=O) groups is 1. The van der Waals surface area contributed by atoms with Crippen LogP contribution in [-0.4, -0.2) is 21.5 Å². The molecule has 0 aliphatic carbocycles. The lowest BCUT2D eigenvalue weighted by atomic mass is 9.96. The number of aliphatic carboxylic acids is 1. The number of hydrogen-bond acceptors (Lipinski definition) is 2. The van der Waals surface area contributed by atoms with Crippen molar-refractivity contribution in [2.24, 2.45) is 0 Å². The topological polar surface area (TPSA) is 54.4 Å². The quantitative estimate of drug-likeness (QED) is 0.886. The zero-order valence-electron chi connectivity index (χ0n) is 11.9. The lowest BCUT2D eigenvalue weighted by Crippen LogP contribution is -2.09. The monoisotopic (exact) mass is 302 g/mol. The van der Waals surface area contributed by atoms with Crippen molar-refractivity contribution in [1.82, 2.24) is 0 Å². The molecule has 2 aromatic carbocycles. The molecule has 0 aromatic heterocycles. The standard InChI is InChI=1S/C17H18O3S/c1-21(20)16(11-12-17(18)19)15-10-6-5-9-14(15)13-7-3-2-4-8-13/h2-10,16H,11-12H2,1H3,(H,18,19). The Morgan fingerprint density at radius 2 is 1.71 bits per heavy atom. The summed E-state index contributed by atoms with van der Waals surface area (Å²) in [7, 11) is -1.12. The van der Waals surface area contributed by atoms with Crippen LogP contribution >= 0.6 is 0 Å². The van der Waals surface area contributed by atoms with Crippen molar-refractivity contribution in [2.75, 3.05) is 6.26 Å². The van der Waals surface area contributed by atoms with Gasteiger partial charge in [0, 0.05) is 23.5 Å². The fraction of sp³-hybridized carbons (Fsp3) is 0.235. The summed E-state index contributed by atoms with van der Waals surface area (Å²) in [5, 5.41) is 8.61. The fourth-order valence-electron chi connectivity index (χ4n) is 2.41. The van der Waals surface area contributed by atoms with Crippen LogP contribution in [0.3, 0.4) is 0 Å². The van der Waals surface area contributed by atoms with Crippen molar-refractivity contribution in [1.29, 1.82) is 0 Å². The smallest absolute Gasteiger partial charge is 0.303 e. The van der Waals surface area contributed by atoms with Gasteiger partial charge in [-0.1, -0.05) is 54.6 Å². The Morgan fingerprint density at radius 3 is 2.33 bits per heavy atom. The highest BCUT2D eigenvalue weighted by Gasteiger charge is 2.20. The van der Waals surface area contributed by atoms with E-state index in [1.807, 2.05) is 54.6 Å². The predicted octanol–water partition coefficient (Wildman–Crippen LogP) is 3.64. The van der Waals surface area contributed by atoms with Gasteiger partial charge < -0.3 is 5.11 Å². The lowest BCUT2D eigenvalue weighted by Gasteiger charge is -2.18. The van der Waals surface area contributed by atoms with E-state index >= 15 is 0 Å². The molecule has 0 aliphatic heterocycles. The zero-order chi connectivity index (χ0) is 15.2. The molecule has 0 aliphatic rings. The van der Waals surface area contributed by atoms with Crippen LogP contribution in [0.4, 0.5) is 0 Å². The van der Waals surface area contributed by atoms with Crippen molar-refractivity contribution in [3.8, 4) is 11.1 Å². The van der Waals surface area contributed by atoms with Crippen molar-refractivity contribution in [2.45, 2.75) is 18.1 Å². The molecule has 110 valence electrons. The maximum atomic E-state index is 12.1. The summed E-state index contributed by atoms with van der Waals surface area (Å²) in [5.41, 5.74) is 3.02. The van der Waals surface area contributed by atoms with Crippen LogP contribution in [0.5, 0.6) is 0 Å². The van der Waals surface area contributed by atoms with Crippen LogP contribution in [0.25, 0.3) is 11.1 Å². The van der Waals surface area contributed by atoms with Crippen molar-refractivity contribution in [3.05, 3.63) is 60.2 Å². The van der Waals surface area contributed by atoms with Crippen LogP contribution in [0, 0.1) is 0 Å². The van der Waals surface area contributed by atoms with Gasteiger partial charge in [-0.05, 0) is 23.1 Å². The Morgan fingerprint density at radius 1 is 1.10 bits per heavy atom. The van der Waals surface area contributed by atoms with Gasteiger partial charge in [-0.3, -0.25) is 9.00 Å². The first-order valence-corrected chi connectivity index (χ1v) is 8.40. The second-order valence-electron chi connectivity index (χ2n) is 4.87. The molecular weight excluding hydrogens is 284 g/mol. The lowest BCUT2D eigenvalue weighted by molar-refractivity contribution is -0.137. The molecule has 0 fully saturated rings. The van der Waals surface area contributed by atoms with Gasteiger partial charge >= 0.3 is 5.97 Å². The highest BCUT2D eigenvalue weighted by Crippen LogP contribution is 2.33. The van der Waals surface area contributed by atoms with Gasteiger partial charge in [-0.25, -0.2) is 0 Å². The highest BCUT2D eigenvalue weighted by atomic mass is 32.2. The number of carboxylic acid groups (broad SMARTS) is 1. The molecule has 1 N–H and O–H groups in total. The molecule has 0 bridgehead atoms. The fourth-order valence-corrected chi connectivity index (χ4v) is 3.43. The average Bonchev–Trinajstić information content (AvgIpc) is 2.48. The van der Waals surface area contributed by atoms with Gasteiger partial charge in [0.1, 0.15) is 0 Å². The Kier molecular flexibility index (Phi) is 5.28. The molecule has 2 aromatic rings. The summed E-state index contributed by atoms with van der Waals surface area (Å²) < 4.78 is 12.1. The normalized spacial score (nSPS) is 13.6. The predicted molar refractivity (Wildman–Crippen MR) is 85.6 cm³/mol. The molecule has 3 nitrogen and oxygen atoms in total. The summed E-state index contributed by atoms with van der Waals surface area (Å²) in [6.07, 6.45) is 2.03. The Labute approximate surface area is 127 Å². The third-order valence-electron chi connectivity index (χ3n) is 3.41. The molecule has 0 spiro atoms. The van der Waals surface area contributed by atoms with Gasteiger partial charge in [-0.15, -0.1) is 0 Å². The average molecular weight is 302 g/mol. The van der Waals surface area contributed by atoms with Gasteiger partial charge in [0.2, 0.25) is 0 Å². The number of carboxylic acids is 1. The first kappa shape index (κ1) is 15.4. The molecule has 0 saturated heterocycles. The second-order valence-corrected chi connectivity index (χ2v) is 6.44. The van der Waals surface area contributed by atoms with Gasteiger partial charge in [0.15, 0.2) is 0 Å². The second kappa shape index (κ2) is 7.18. The first-order valence-electron chi connectivity index (χ1n) is 6.78. The summed E-state index contributed by atoms with van der Waals surface area (Å²) in [6.45, 7) is 0. The van der Waals surface area contributed by atoms with Crippen molar-refractivity contribution >= 4 is 16.8 Å². The minimum atomic E-state index is -1.12. The van der Waals surface area contributed by atoms with Gasteiger partial charge in [-0.2, -0.15) is 0 Å². The minimum Gasteiger partial charge on any atom is -0.481 e. The summed E-state index contributed by atoms with van der Waals surface area (Å²) >= 11 is 0. The molecule has 2 unspecified atom stereocenters. The number of hydrogen-bond donors (Lipinski definition) is 1. The van der Waals surface area contributed by atoms with Crippen LogP contribution in [0.1, 0.15) is 23.7 Å². The largest absolute Gasteiger partial charge is 0.481 e. The number of rotatable bonds is 6. The Balaban J connectivity index is 2.41. The Bertz CT molecular complexity index is 637. The van der Waals surface area contributed by atoms with E-state index in [9.17, 15) is 9.00 Å². The van der Waals surface area contributed by atoms with E-state index in [-0.39, 0.29) is 11.7 Å². The third-order valence-corrected chi connectivity index (χ3v) is 4.70. The van der Waals surface area contributed by atoms with Crippen LogP contribution < -0.4 is 0 Å². The van der Waals surface area contributed by atoms with E-state index < -0.39 is 16.8 Å². The van der Waals surface area contributed by atoms with E-state index in [0.717, 1.165) is 16.7 Å². The molecule has 0 amide bonds. The van der Waals surface area contributed by atoms with Crippen LogP contribution in [0.2, 0.25) is 0 Å². The van der Waals surface area contributed by atoms with E-state index in [4.69, 9.17) is 5.11 Å². The first-order chi connectivity index (χ1) is 10.1. The van der Waals surface area contributed by atoms with Crippen molar-refractivity contribution < 1.29 is 14.1 Å². The SMILES string of the molecule is CS(=O)C(CCC(=O)O)c1ccccc1-c1ccccc1. The van der Waals surface area contributed by atoms with Crippen LogP contribution in [-0.2, 0) is 15.6 Å². The van der Waals surface area contributed by atoms with E-state index in [1.165, 1.54) is 0 Å². The number of benzene rings is 2. The maximum absolute atomic E-state index is 12.1. The highest BCUT2D eigenvalue weighted by molar-refractivity contribution is 7.84. The minimum absolute atomic E-state index is 0.0212. The molecular formula is C17H18O3S. The molecule has 0 saturated carbocycles. The van der Waals surface area contributed by atoms with Crippen LogP contribution in [0.15, 0.2) is 54.6 Å². The molecule has 4 heteroatoms. The summed E-state index contributed by atoms with van der Waals surface area (Å²) in [4.78, 5) is 10.8. The molecule has 21 heavy (non-hydrogen) atoms. The molecule has 2 atom stereocenters. The van der Waals surface area contributed by atoms with E-state index in [0.29, 0.717) is 6.42 Å². The Hall–Kier alpha value is -1.94. The summed E-state index contributed by atoms with van der Waals surface area (Å²) in [5.74, 6) is -0.859. The summed E-state index contributed by atoms with van der Waals surface area (Å²) in [6, 6.07) is 17.7. The molecule has 0 radical (unpaired) electrons. The van der Waals surface area contributed by atoms with Gasteiger partial charge in [0.05, 0.1) is 5.25 Å². The third kappa shape index (κ3) is 4.02. The van der Waals surface area contributed by atoms with E-state index in [2.05, 4.69) is 0 Å². The zero-order valence-corrected chi connectivity index (χ0v) is 12.7. The van der Waals surface area contributed by atoms with Gasteiger partial charge in [0.25, 0.3) is 0 Å². The van der Waals surface area contributed by atoms with Crippen molar-refractivity contribution in [3.63, 3.8) is 0 Å². The maximum Gasteiger partial charge on any atom is 0.303 e. The molecule has 0 heterocycles.